The molecule has 1 saturated heterocycles. The molecule has 1 aliphatic heterocycles. The van der Waals surface area contributed by atoms with Gasteiger partial charge in [0.25, 0.3) is 0 Å². The van der Waals surface area contributed by atoms with Gasteiger partial charge in [0.15, 0.2) is 0 Å². The lowest BCUT2D eigenvalue weighted by Crippen LogP contribution is -2.46. The Labute approximate surface area is 193 Å². The molecule has 1 aromatic heterocycles. The Kier molecular flexibility index (Phi) is 7.21. The van der Waals surface area contributed by atoms with Crippen molar-refractivity contribution in [3.05, 3.63) is 66.5 Å². The minimum Gasteiger partial charge on any atom is -0.497 e. The van der Waals surface area contributed by atoms with Crippen LogP contribution < -0.4 is 25.0 Å². The van der Waals surface area contributed by atoms with E-state index in [1.54, 1.807) is 38.5 Å². The van der Waals surface area contributed by atoms with Gasteiger partial charge in [-0.15, -0.1) is 0 Å². The van der Waals surface area contributed by atoms with Crippen LogP contribution in [0.3, 0.4) is 0 Å². The monoisotopic (exact) mass is 448 g/mol. The first-order valence-corrected chi connectivity index (χ1v) is 10.8. The molecule has 0 radical (unpaired) electrons. The highest BCUT2D eigenvalue weighted by Crippen LogP contribution is 2.29. The quantitative estimate of drug-likeness (QED) is 0.572. The lowest BCUT2D eigenvalue weighted by atomic mass is 10.2. The summed E-state index contributed by atoms with van der Waals surface area (Å²) >= 11 is 0. The molecule has 0 aliphatic carbocycles. The van der Waals surface area contributed by atoms with Crippen LogP contribution in [-0.2, 0) is 6.54 Å². The summed E-state index contributed by atoms with van der Waals surface area (Å²) in [5.41, 5.74) is 1.82. The number of carbonyl (C=O) groups is 1. The van der Waals surface area contributed by atoms with E-state index in [0.29, 0.717) is 23.0 Å². The fourth-order valence-corrected chi connectivity index (χ4v) is 3.75. The van der Waals surface area contributed by atoms with E-state index in [1.807, 2.05) is 6.07 Å². The van der Waals surface area contributed by atoms with E-state index < -0.39 is 6.03 Å². The normalized spacial score (nSPS) is 13.9. The summed E-state index contributed by atoms with van der Waals surface area (Å²) < 4.78 is 10.5. The van der Waals surface area contributed by atoms with E-state index in [1.165, 1.54) is 11.9 Å². The van der Waals surface area contributed by atoms with Crippen LogP contribution in [0.25, 0.3) is 0 Å². The molecule has 172 valence electrons. The van der Waals surface area contributed by atoms with E-state index in [9.17, 15) is 4.79 Å². The van der Waals surface area contributed by atoms with E-state index in [-0.39, 0.29) is 0 Å². The van der Waals surface area contributed by atoms with Crippen LogP contribution in [0.5, 0.6) is 11.5 Å². The van der Waals surface area contributed by atoms with Gasteiger partial charge >= 0.3 is 6.03 Å². The van der Waals surface area contributed by atoms with Gasteiger partial charge in [-0.25, -0.2) is 14.8 Å². The number of urea groups is 1. The standard InChI is InChI=1S/C24H28N6O3/c1-32-19-8-9-21(33-2)20(14-19)27-24(31)28-22-15-23(26-17-25-22)30-12-10-29(11-13-30)16-18-6-4-3-5-7-18/h3-9,14-15,17H,10-13,16H2,1-2H3,(H2,25,26,27,28,31). The van der Waals surface area contributed by atoms with Crippen molar-refractivity contribution < 1.29 is 14.3 Å². The third-order valence-corrected chi connectivity index (χ3v) is 5.49. The zero-order valence-corrected chi connectivity index (χ0v) is 18.8. The smallest absolute Gasteiger partial charge is 0.324 e. The Morgan fingerprint density at radius 2 is 1.73 bits per heavy atom. The SMILES string of the molecule is COc1ccc(OC)c(NC(=O)Nc2cc(N3CCN(Cc4ccccc4)CC3)ncn2)c1. The van der Waals surface area contributed by atoms with Crippen LogP contribution in [0, 0.1) is 0 Å². The Balaban J connectivity index is 1.34. The number of nitrogens with zero attached hydrogens (tertiary/aromatic N) is 4. The molecule has 2 N–H and O–H groups in total. The van der Waals surface area contributed by atoms with E-state index >= 15 is 0 Å². The van der Waals surface area contributed by atoms with Crippen LogP contribution in [0.4, 0.5) is 22.1 Å². The molecule has 0 saturated carbocycles. The third kappa shape index (κ3) is 5.89. The number of hydrogen-bond acceptors (Lipinski definition) is 7. The molecular weight excluding hydrogens is 420 g/mol. The Morgan fingerprint density at radius 1 is 0.939 bits per heavy atom. The number of anilines is 3. The van der Waals surface area contributed by atoms with Gasteiger partial charge in [-0.05, 0) is 17.7 Å². The minimum absolute atomic E-state index is 0.422. The van der Waals surface area contributed by atoms with Crippen molar-refractivity contribution in [2.45, 2.75) is 6.54 Å². The summed E-state index contributed by atoms with van der Waals surface area (Å²) in [6, 6.07) is 17.0. The Morgan fingerprint density at radius 3 is 2.45 bits per heavy atom. The van der Waals surface area contributed by atoms with Crippen LogP contribution in [0.1, 0.15) is 5.56 Å². The largest absolute Gasteiger partial charge is 0.497 e. The number of piperazine rings is 1. The van der Waals surface area contributed by atoms with E-state index in [0.717, 1.165) is 38.5 Å². The average Bonchev–Trinajstić information content (AvgIpc) is 2.85. The molecule has 2 heterocycles. The number of carbonyl (C=O) groups excluding carboxylic acids is 1. The lowest BCUT2D eigenvalue weighted by molar-refractivity contribution is 0.249. The van der Waals surface area contributed by atoms with E-state index in [4.69, 9.17) is 9.47 Å². The molecular formula is C24H28N6O3. The first kappa shape index (κ1) is 22.3. The van der Waals surface area contributed by atoms with Gasteiger partial charge < -0.3 is 19.7 Å². The highest BCUT2D eigenvalue weighted by molar-refractivity contribution is 6.00. The van der Waals surface area contributed by atoms with Crippen molar-refractivity contribution in [2.75, 3.05) is 55.9 Å². The number of methoxy groups -OCH3 is 2. The highest BCUT2D eigenvalue weighted by Gasteiger charge is 2.19. The Hall–Kier alpha value is -3.85. The zero-order valence-electron chi connectivity index (χ0n) is 18.8. The van der Waals surface area contributed by atoms with Gasteiger partial charge in [0.1, 0.15) is 29.5 Å². The van der Waals surface area contributed by atoms with Crippen molar-refractivity contribution in [1.82, 2.24) is 14.9 Å². The predicted octanol–water partition coefficient (Wildman–Crippen LogP) is 3.46. The molecule has 9 nitrogen and oxygen atoms in total. The molecule has 0 spiro atoms. The molecule has 9 heteroatoms. The van der Waals surface area contributed by atoms with Gasteiger partial charge in [0.05, 0.1) is 19.9 Å². The van der Waals surface area contributed by atoms with Gasteiger partial charge in [0.2, 0.25) is 0 Å². The van der Waals surface area contributed by atoms with Crippen LogP contribution in [0.2, 0.25) is 0 Å². The van der Waals surface area contributed by atoms with Crippen molar-refractivity contribution >= 4 is 23.4 Å². The summed E-state index contributed by atoms with van der Waals surface area (Å²) in [7, 11) is 3.11. The Bertz CT molecular complexity index is 1070. The minimum atomic E-state index is -0.432. The van der Waals surface area contributed by atoms with Crippen LogP contribution >= 0.6 is 0 Å². The molecule has 0 atom stereocenters. The van der Waals surface area contributed by atoms with Crippen molar-refractivity contribution in [2.24, 2.45) is 0 Å². The summed E-state index contributed by atoms with van der Waals surface area (Å²) in [6.45, 7) is 4.54. The molecule has 33 heavy (non-hydrogen) atoms. The van der Waals surface area contributed by atoms with Crippen molar-refractivity contribution in [3.63, 3.8) is 0 Å². The fraction of sp³-hybridized carbons (Fsp3) is 0.292. The maximum atomic E-state index is 12.6. The molecule has 0 bridgehead atoms. The molecule has 2 aromatic carbocycles. The first-order valence-electron chi connectivity index (χ1n) is 10.8. The number of amides is 2. The summed E-state index contributed by atoms with van der Waals surface area (Å²) in [4.78, 5) is 25.8. The molecule has 2 amide bonds. The van der Waals surface area contributed by atoms with Gasteiger partial charge in [-0.3, -0.25) is 10.2 Å². The second kappa shape index (κ2) is 10.6. The molecule has 4 rings (SSSR count). The summed E-state index contributed by atoms with van der Waals surface area (Å²) in [5.74, 6) is 2.36. The summed E-state index contributed by atoms with van der Waals surface area (Å²) in [6.07, 6.45) is 1.47. The van der Waals surface area contributed by atoms with Crippen molar-refractivity contribution in [3.8, 4) is 11.5 Å². The zero-order chi connectivity index (χ0) is 23.0. The van der Waals surface area contributed by atoms with Crippen LogP contribution in [0.15, 0.2) is 60.9 Å². The number of rotatable bonds is 7. The van der Waals surface area contributed by atoms with Gasteiger partial charge in [0, 0.05) is 44.9 Å². The lowest BCUT2D eigenvalue weighted by Gasteiger charge is -2.35. The van der Waals surface area contributed by atoms with Gasteiger partial charge in [-0.2, -0.15) is 0 Å². The molecule has 0 unspecified atom stereocenters. The number of benzene rings is 2. The number of nitrogens with one attached hydrogen (secondary N) is 2. The third-order valence-electron chi connectivity index (χ3n) is 5.49. The number of ether oxygens (including phenoxy) is 2. The molecule has 1 fully saturated rings. The second-order valence-corrected chi connectivity index (χ2v) is 7.66. The van der Waals surface area contributed by atoms with E-state index in [2.05, 4.69) is 54.7 Å². The van der Waals surface area contributed by atoms with Crippen molar-refractivity contribution in [1.29, 1.82) is 0 Å². The fourth-order valence-electron chi connectivity index (χ4n) is 3.75. The second-order valence-electron chi connectivity index (χ2n) is 7.66. The number of aromatic nitrogens is 2. The molecule has 3 aromatic rings. The summed E-state index contributed by atoms with van der Waals surface area (Å²) in [5, 5.41) is 5.54. The highest BCUT2D eigenvalue weighted by atomic mass is 16.5. The maximum absolute atomic E-state index is 12.6. The van der Waals surface area contributed by atoms with Crippen LogP contribution in [-0.4, -0.2) is 61.3 Å². The first-order chi connectivity index (χ1) is 16.1. The number of hydrogen-bond donors (Lipinski definition) is 2. The van der Waals surface area contributed by atoms with Gasteiger partial charge in [-0.1, -0.05) is 30.3 Å². The molecule has 1 aliphatic rings. The predicted molar refractivity (Wildman–Crippen MR) is 128 cm³/mol. The topological polar surface area (TPSA) is 91.9 Å². The average molecular weight is 449 g/mol. The maximum Gasteiger partial charge on any atom is 0.324 e.